The molecule has 0 heterocycles. The highest BCUT2D eigenvalue weighted by atomic mass is 127. The summed E-state index contributed by atoms with van der Waals surface area (Å²) >= 11 is -0.199. The number of benzene rings is 3. The van der Waals surface area contributed by atoms with Gasteiger partial charge in [-0.1, -0.05) is 65.8 Å². The van der Waals surface area contributed by atoms with Crippen LogP contribution in [-0.4, -0.2) is 37.0 Å². The minimum Gasteiger partial charge on any atom is -0.741 e. The van der Waals surface area contributed by atoms with Crippen LogP contribution < -0.4 is 42.4 Å². The summed E-state index contributed by atoms with van der Waals surface area (Å²) in [5.41, 5.74) is -8.00. The van der Waals surface area contributed by atoms with E-state index in [-0.39, 0.29) is 53.2 Å². The molecule has 0 aromatic heterocycles. The summed E-state index contributed by atoms with van der Waals surface area (Å²) in [6.07, 6.45) is 0. The van der Waals surface area contributed by atoms with Crippen LogP contribution in [0.3, 0.4) is 0 Å². The summed E-state index contributed by atoms with van der Waals surface area (Å²) in [7, 11) is -12.2. The average molecular weight is 894 g/mol. The van der Waals surface area contributed by atoms with Crippen molar-refractivity contribution in [2.45, 2.75) is 63.4 Å². The number of halogens is 8. The van der Waals surface area contributed by atoms with E-state index in [2.05, 4.69) is 114 Å². The van der Waals surface area contributed by atoms with Crippen LogP contribution in [0.15, 0.2) is 72.8 Å². The third-order valence-electron chi connectivity index (χ3n) is 5.23. The molecule has 0 radical (unpaired) electrons. The minimum absolute atomic E-state index is 0.0997. The van der Waals surface area contributed by atoms with Crippen molar-refractivity contribution in [3.05, 3.63) is 98.2 Å². The van der Waals surface area contributed by atoms with Crippen LogP contribution >= 0.6 is 0 Å². The molecule has 0 saturated carbocycles. The van der Waals surface area contributed by atoms with Crippen molar-refractivity contribution in [2.75, 3.05) is 0 Å². The molecule has 0 aliphatic heterocycles. The number of rotatable bonds is 4. The first-order valence-corrected chi connectivity index (χ1v) is 19.4. The first-order valence-electron chi connectivity index (χ1n) is 12.3. The predicted molar refractivity (Wildman–Crippen MR) is 143 cm³/mol. The lowest BCUT2D eigenvalue weighted by Gasteiger charge is -2.18. The van der Waals surface area contributed by atoms with Crippen LogP contribution in [-0.2, 0) is 31.1 Å². The normalized spacial score (nSPS) is 12.9. The Morgan fingerprint density at radius 1 is 0.455 bits per heavy atom. The Morgan fingerprint density at radius 3 is 0.750 bits per heavy atom. The average Bonchev–Trinajstić information content (AvgIpc) is 2.83. The van der Waals surface area contributed by atoms with Gasteiger partial charge in [0.1, 0.15) is 0 Å². The molecule has 6 nitrogen and oxygen atoms in total. The van der Waals surface area contributed by atoms with E-state index in [4.69, 9.17) is 25.9 Å². The lowest BCUT2D eigenvalue weighted by atomic mass is 9.87. The van der Waals surface area contributed by atoms with Gasteiger partial charge in [0.25, 0.3) is 0 Å². The van der Waals surface area contributed by atoms with Crippen molar-refractivity contribution in [3.8, 4) is 0 Å². The number of hydrogen-bond donors (Lipinski definition) is 0. The van der Waals surface area contributed by atoms with Crippen LogP contribution in [0, 0.1) is 14.3 Å². The Morgan fingerprint density at radius 2 is 0.614 bits per heavy atom. The number of hydrogen-bond acceptors (Lipinski definition) is 6. The van der Waals surface area contributed by atoms with Gasteiger partial charge in [0, 0.05) is 0 Å². The second kappa shape index (κ2) is 15.4. The summed E-state index contributed by atoms with van der Waals surface area (Å²) in [6, 6.07) is 27.9. The molecule has 0 spiro atoms. The standard InChI is InChI=1S/C26H30I2.2CHF3O3S/c1-25(2,3)19-7-11-21(12-8-19)27-23-15-17-24(18-16-23)28-22-13-9-20(10-14-22)26(4,5)6;2*2-1(3,4)8(5,6)7/h7-18H,1-6H3;2*(H,5,6,7)/q+2;;/p-2. The molecule has 3 aromatic carbocycles. The van der Waals surface area contributed by atoms with E-state index in [9.17, 15) is 26.3 Å². The Kier molecular flexibility index (Phi) is 14.2. The molecule has 0 N–H and O–H groups in total. The van der Waals surface area contributed by atoms with E-state index in [1.54, 1.807) is 0 Å². The Hall–Kier alpha value is -1.48. The van der Waals surface area contributed by atoms with Gasteiger partial charge in [-0.15, -0.1) is 0 Å². The first kappa shape index (κ1) is 40.5. The molecule has 246 valence electrons. The van der Waals surface area contributed by atoms with Crippen LogP contribution in [0.25, 0.3) is 0 Å². The Balaban J connectivity index is 0.000000498. The highest BCUT2D eigenvalue weighted by Gasteiger charge is 2.37. The summed E-state index contributed by atoms with van der Waals surface area (Å²) < 4.78 is 124. The zero-order chi connectivity index (χ0) is 34.4. The number of alkyl halides is 6. The second-order valence-corrected chi connectivity index (χ2v) is 19.7. The fourth-order valence-electron chi connectivity index (χ4n) is 2.83. The maximum absolute atomic E-state index is 10.7. The van der Waals surface area contributed by atoms with Gasteiger partial charge in [-0.05, 0) is 70.5 Å². The largest absolute Gasteiger partial charge is 0.741 e. The Bertz CT molecular complexity index is 1440. The molecule has 0 atom stereocenters. The van der Waals surface area contributed by atoms with Crippen molar-refractivity contribution < 1.29 is 94.7 Å². The van der Waals surface area contributed by atoms with Gasteiger partial charge in [-0.3, -0.25) is 0 Å². The highest BCUT2D eigenvalue weighted by molar-refractivity contribution is 7.86. The van der Waals surface area contributed by atoms with Gasteiger partial charge >= 0.3 is 53.4 Å². The molecule has 0 amide bonds. The maximum Gasteiger partial charge on any atom is 0.485 e. The molecule has 0 bridgehead atoms. The summed E-state index contributed by atoms with van der Waals surface area (Å²) in [5, 5.41) is 0. The van der Waals surface area contributed by atoms with E-state index in [0.717, 1.165) is 0 Å². The topological polar surface area (TPSA) is 114 Å². The van der Waals surface area contributed by atoms with Crippen LogP contribution in [0.5, 0.6) is 0 Å². The molecule has 0 aliphatic carbocycles. The van der Waals surface area contributed by atoms with E-state index in [0.29, 0.717) is 0 Å². The third kappa shape index (κ3) is 14.3. The third-order valence-corrected chi connectivity index (χ3v) is 11.7. The lowest BCUT2D eigenvalue weighted by Crippen LogP contribution is -3.62. The molecule has 0 unspecified atom stereocenters. The summed E-state index contributed by atoms with van der Waals surface area (Å²) in [6.45, 7) is 13.6. The molecule has 3 rings (SSSR count). The molecular formula is C28H30F6I2O6S2. The smallest absolute Gasteiger partial charge is 0.485 e. The van der Waals surface area contributed by atoms with Crippen molar-refractivity contribution >= 4 is 20.2 Å². The fraction of sp³-hybridized carbons (Fsp3) is 0.357. The SMILES string of the molecule is CC(C)(C)c1ccc([I+]c2ccc([I+]c3ccc(C(C)(C)C)cc3)cc2)cc1.O=S(=O)([O-])C(F)(F)F.O=S(=O)([O-])C(F)(F)F. The van der Waals surface area contributed by atoms with Gasteiger partial charge < -0.3 is 9.11 Å². The lowest BCUT2D eigenvalue weighted by molar-refractivity contribution is -0.603. The molecule has 0 fully saturated rings. The fourth-order valence-corrected chi connectivity index (χ4v) is 7.15. The molecule has 0 saturated heterocycles. The molecule has 0 aliphatic rings. The van der Waals surface area contributed by atoms with Gasteiger partial charge in [-0.2, -0.15) is 26.3 Å². The monoisotopic (exact) mass is 894 g/mol. The van der Waals surface area contributed by atoms with Crippen LogP contribution in [0.4, 0.5) is 26.3 Å². The van der Waals surface area contributed by atoms with Gasteiger partial charge in [0.2, 0.25) is 0 Å². The predicted octanol–water partition coefficient (Wildman–Crippen LogP) is 0.641. The van der Waals surface area contributed by atoms with E-state index in [1.165, 1.54) is 25.4 Å². The Labute approximate surface area is 274 Å². The van der Waals surface area contributed by atoms with E-state index >= 15 is 0 Å². The first-order chi connectivity index (χ1) is 19.6. The van der Waals surface area contributed by atoms with Crippen LogP contribution in [0.1, 0.15) is 52.7 Å². The quantitative estimate of drug-likeness (QED) is 0.165. The molecular weight excluding hydrogens is 864 g/mol. The van der Waals surface area contributed by atoms with Crippen LogP contribution in [0.2, 0.25) is 0 Å². The van der Waals surface area contributed by atoms with Gasteiger partial charge in [0.05, 0.1) is 0 Å². The summed E-state index contributed by atoms with van der Waals surface area (Å²) in [5.74, 6) is 0. The van der Waals surface area contributed by atoms with E-state index in [1.807, 2.05) is 0 Å². The minimum atomic E-state index is -6.09. The highest BCUT2D eigenvalue weighted by Crippen LogP contribution is 2.22. The van der Waals surface area contributed by atoms with Crippen molar-refractivity contribution in [1.82, 2.24) is 0 Å². The van der Waals surface area contributed by atoms with Crippen molar-refractivity contribution in [2.24, 2.45) is 0 Å². The molecule has 16 heteroatoms. The summed E-state index contributed by atoms with van der Waals surface area (Å²) in [4.78, 5) is 0. The van der Waals surface area contributed by atoms with Crippen molar-refractivity contribution in [3.63, 3.8) is 0 Å². The van der Waals surface area contributed by atoms with E-state index < -0.39 is 31.3 Å². The molecule has 44 heavy (non-hydrogen) atoms. The zero-order valence-corrected chi connectivity index (χ0v) is 30.2. The van der Waals surface area contributed by atoms with Crippen molar-refractivity contribution in [1.29, 1.82) is 0 Å². The molecule has 3 aromatic rings. The maximum atomic E-state index is 10.7. The van der Waals surface area contributed by atoms with Gasteiger partial charge in [0.15, 0.2) is 34.5 Å². The second-order valence-electron chi connectivity index (χ2n) is 10.9. The zero-order valence-electron chi connectivity index (χ0n) is 24.2. The van der Waals surface area contributed by atoms with Gasteiger partial charge in [-0.25, -0.2) is 16.8 Å².